The maximum atomic E-state index is 14.1. The Labute approximate surface area is 205 Å². The van der Waals surface area contributed by atoms with Crippen molar-refractivity contribution in [2.24, 2.45) is 4.99 Å². The van der Waals surface area contributed by atoms with Crippen LogP contribution in [0.3, 0.4) is 0 Å². The Bertz CT molecular complexity index is 845. The molecule has 0 spiro atoms. The summed E-state index contributed by atoms with van der Waals surface area (Å²) in [4.78, 5) is 9.23. The smallest absolute Gasteiger partial charge is 0.194 e. The average Bonchev–Trinajstić information content (AvgIpc) is 3.21. The van der Waals surface area contributed by atoms with Gasteiger partial charge >= 0.3 is 0 Å². The molecule has 7 nitrogen and oxygen atoms in total. The van der Waals surface area contributed by atoms with Gasteiger partial charge in [0.2, 0.25) is 0 Å². The molecule has 1 aliphatic heterocycles. The normalized spacial score (nSPS) is 14.9. The topological polar surface area (TPSA) is 61.6 Å². The Morgan fingerprint density at radius 1 is 1.32 bits per heavy atom. The minimum absolute atomic E-state index is 0. The van der Waals surface area contributed by atoms with Gasteiger partial charge in [0.05, 0.1) is 6.54 Å². The lowest BCUT2D eigenvalue weighted by Crippen LogP contribution is -2.52. The Balaban J connectivity index is 0.00000341. The van der Waals surface area contributed by atoms with Crippen molar-refractivity contribution < 1.29 is 4.39 Å². The second-order valence-corrected chi connectivity index (χ2v) is 7.54. The van der Waals surface area contributed by atoms with E-state index in [1.807, 2.05) is 10.6 Å². The van der Waals surface area contributed by atoms with Crippen LogP contribution in [0, 0.1) is 5.82 Å². The summed E-state index contributed by atoms with van der Waals surface area (Å²) in [6.45, 7) is 11.6. The molecule has 2 aromatic rings. The number of hydrogen-bond acceptors (Lipinski definition) is 4. The SMILES string of the molecule is C=CCNC(=NCCn1cnnc1CC)N1CCN(Cc2c(F)cccc2Cl)CC1.I. The molecule has 0 atom stereocenters. The predicted molar refractivity (Wildman–Crippen MR) is 134 cm³/mol. The van der Waals surface area contributed by atoms with Gasteiger partial charge in [0.15, 0.2) is 5.96 Å². The van der Waals surface area contributed by atoms with E-state index in [0.717, 1.165) is 50.9 Å². The van der Waals surface area contributed by atoms with Crippen LogP contribution in [0.2, 0.25) is 5.02 Å². The molecular weight excluding hydrogens is 532 g/mol. The van der Waals surface area contributed by atoms with Crippen LogP contribution in [0.5, 0.6) is 0 Å². The van der Waals surface area contributed by atoms with Gasteiger partial charge in [0.25, 0.3) is 0 Å². The number of nitrogens with one attached hydrogen (secondary N) is 1. The molecule has 31 heavy (non-hydrogen) atoms. The molecule has 3 rings (SSSR count). The molecule has 1 aliphatic rings. The summed E-state index contributed by atoms with van der Waals surface area (Å²) < 4.78 is 16.1. The van der Waals surface area contributed by atoms with E-state index in [-0.39, 0.29) is 29.8 Å². The summed E-state index contributed by atoms with van der Waals surface area (Å²) in [7, 11) is 0. The average molecular weight is 562 g/mol. The van der Waals surface area contributed by atoms with Crippen molar-refractivity contribution in [3.63, 3.8) is 0 Å². The summed E-state index contributed by atoms with van der Waals surface area (Å²) in [5.41, 5.74) is 0.562. The largest absolute Gasteiger partial charge is 0.353 e. The van der Waals surface area contributed by atoms with Gasteiger partial charge in [-0.3, -0.25) is 9.89 Å². The maximum Gasteiger partial charge on any atom is 0.194 e. The lowest BCUT2D eigenvalue weighted by molar-refractivity contribution is 0.171. The third kappa shape index (κ3) is 7.15. The summed E-state index contributed by atoms with van der Waals surface area (Å²) in [5, 5.41) is 11.9. The standard InChI is InChI=1S/C21H29ClFN7.HI/c1-3-8-24-21(25-9-10-30-16-26-27-20(30)4-2)29-13-11-28(12-14-29)15-17-18(22)6-5-7-19(17)23;/h3,5-7,16H,1,4,8-15H2,2H3,(H,24,25);1H. The number of rotatable bonds is 8. The molecular formula is C21H30ClFIN7. The van der Waals surface area contributed by atoms with Crippen LogP contribution < -0.4 is 5.32 Å². The van der Waals surface area contributed by atoms with Gasteiger partial charge in [-0.1, -0.05) is 30.7 Å². The molecule has 0 unspecified atom stereocenters. The van der Waals surface area contributed by atoms with Gasteiger partial charge in [-0.2, -0.15) is 0 Å². The maximum absolute atomic E-state index is 14.1. The van der Waals surface area contributed by atoms with Crippen molar-refractivity contribution >= 4 is 41.5 Å². The van der Waals surface area contributed by atoms with E-state index in [1.165, 1.54) is 6.07 Å². The van der Waals surface area contributed by atoms with E-state index < -0.39 is 0 Å². The molecule has 2 heterocycles. The van der Waals surface area contributed by atoms with Gasteiger partial charge in [-0.15, -0.1) is 40.8 Å². The number of nitrogens with zero attached hydrogens (tertiary/aromatic N) is 6. The molecule has 10 heteroatoms. The number of halogens is 3. The molecule has 0 saturated carbocycles. The van der Waals surface area contributed by atoms with E-state index in [2.05, 4.69) is 38.8 Å². The summed E-state index contributed by atoms with van der Waals surface area (Å²) in [6.07, 6.45) is 4.41. The van der Waals surface area contributed by atoms with Crippen molar-refractivity contribution in [1.82, 2.24) is 29.9 Å². The lowest BCUT2D eigenvalue weighted by Gasteiger charge is -2.36. The van der Waals surface area contributed by atoms with Crippen LogP contribution in [0.25, 0.3) is 0 Å². The second kappa shape index (κ2) is 13.0. The molecule has 0 amide bonds. The lowest BCUT2D eigenvalue weighted by atomic mass is 10.2. The molecule has 1 aromatic heterocycles. The van der Waals surface area contributed by atoms with Crippen molar-refractivity contribution in [3.8, 4) is 0 Å². The molecule has 170 valence electrons. The Morgan fingerprint density at radius 2 is 2.10 bits per heavy atom. The van der Waals surface area contributed by atoms with E-state index in [0.29, 0.717) is 30.2 Å². The third-order valence-corrected chi connectivity index (χ3v) is 5.49. The first-order chi connectivity index (χ1) is 14.6. The van der Waals surface area contributed by atoms with Crippen LogP contribution in [0.15, 0.2) is 42.2 Å². The summed E-state index contributed by atoms with van der Waals surface area (Å²) in [5.74, 6) is 1.58. The van der Waals surface area contributed by atoms with Crippen molar-refractivity contribution in [2.75, 3.05) is 39.3 Å². The Kier molecular flexibility index (Phi) is 10.7. The van der Waals surface area contributed by atoms with Crippen molar-refractivity contribution in [2.45, 2.75) is 26.4 Å². The summed E-state index contributed by atoms with van der Waals surface area (Å²) >= 11 is 6.18. The fourth-order valence-corrected chi connectivity index (χ4v) is 3.68. The second-order valence-electron chi connectivity index (χ2n) is 7.13. The predicted octanol–water partition coefficient (Wildman–Crippen LogP) is 3.20. The zero-order chi connectivity index (χ0) is 21.3. The zero-order valence-electron chi connectivity index (χ0n) is 17.8. The molecule has 0 radical (unpaired) electrons. The number of aryl methyl sites for hydroxylation is 1. The minimum Gasteiger partial charge on any atom is -0.353 e. The van der Waals surface area contributed by atoms with Gasteiger partial charge in [-0.25, -0.2) is 4.39 Å². The first kappa shape index (κ1) is 25.5. The van der Waals surface area contributed by atoms with Gasteiger partial charge < -0.3 is 14.8 Å². The molecule has 1 N–H and O–H groups in total. The molecule has 0 bridgehead atoms. The van der Waals surface area contributed by atoms with Gasteiger partial charge in [0.1, 0.15) is 18.0 Å². The van der Waals surface area contributed by atoms with E-state index in [9.17, 15) is 4.39 Å². The van der Waals surface area contributed by atoms with E-state index in [1.54, 1.807) is 18.5 Å². The third-order valence-electron chi connectivity index (χ3n) is 5.13. The van der Waals surface area contributed by atoms with E-state index in [4.69, 9.17) is 16.6 Å². The fraction of sp³-hybridized carbons (Fsp3) is 0.476. The quantitative estimate of drug-likeness (QED) is 0.232. The van der Waals surface area contributed by atoms with Crippen LogP contribution in [-0.2, 0) is 19.5 Å². The molecule has 1 saturated heterocycles. The number of piperazine rings is 1. The van der Waals surface area contributed by atoms with Crippen LogP contribution >= 0.6 is 35.6 Å². The number of aliphatic imine (C=N–C) groups is 1. The first-order valence-electron chi connectivity index (χ1n) is 10.3. The van der Waals surface area contributed by atoms with Crippen LogP contribution in [0.4, 0.5) is 4.39 Å². The highest BCUT2D eigenvalue weighted by Gasteiger charge is 2.21. The molecule has 1 aromatic carbocycles. The Morgan fingerprint density at radius 3 is 2.77 bits per heavy atom. The molecule has 0 aliphatic carbocycles. The Hall–Kier alpha value is -1.72. The monoisotopic (exact) mass is 561 g/mol. The number of hydrogen-bond donors (Lipinski definition) is 1. The van der Waals surface area contributed by atoms with Gasteiger partial charge in [-0.05, 0) is 12.1 Å². The highest BCUT2D eigenvalue weighted by molar-refractivity contribution is 14.0. The minimum atomic E-state index is -0.250. The van der Waals surface area contributed by atoms with Gasteiger partial charge in [0, 0.05) is 62.8 Å². The molecule has 1 fully saturated rings. The first-order valence-corrected chi connectivity index (χ1v) is 10.7. The number of guanidine groups is 1. The number of benzene rings is 1. The highest BCUT2D eigenvalue weighted by Crippen LogP contribution is 2.21. The fourth-order valence-electron chi connectivity index (χ4n) is 3.46. The highest BCUT2D eigenvalue weighted by atomic mass is 127. The zero-order valence-corrected chi connectivity index (χ0v) is 20.9. The van der Waals surface area contributed by atoms with Crippen LogP contribution in [-0.4, -0.2) is 69.8 Å². The van der Waals surface area contributed by atoms with Crippen LogP contribution in [0.1, 0.15) is 18.3 Å². The van der Waals surface area contributed by atoms with E-state index >= 15 is 0 Å². The van der Waals surface area contributed by atoms with Crippen molar-refractivity contribution in [3.05, 3.63) is 59.4 Å². The van der Waals surface area contributed by atoms with Crippen molar-refractivity contribution in [1.29, 1.82) is 0 Å². The number of aromatic nitrogens is 3. The summed E-state index contributed by atoms with van der Waals surface area (Å²) in [6, 6.07) is 4.83.